The molecule has 5 heteroatoms. The fourth-order valence-corrected chi connectivity index (χ4v) is 2.82. The van der Waals surface area contributed by atoms with E-state index in [-0.39, 0.29) is 12.7 Å². The third kappa shape index (κ3) is 3.85. The van der Waals surface area contributed by atoms with Crippen molar-refractivity contribution in [1.82, 2.24) is 0 Å². The van der Waals surface area contributed by atoms with Gasteiger partial charge in [0.15, 0.2) is 0 Å². The van der Waals surface area contributed by atoms with E-state index in [4.69, 9.17) is 15.6 Å². The lowest BCUT2D eigenvalue weighted by molar-refractivity contribution is 0.0510. The average molecular weight is 294 g/mol. The van der Waals surface area contributed by atoms with Crippen LogP contribution in [0.4, 0.5) is 0 Å². The quantitative estimate of drug-likeness (QED) is 0.791. The van der Waals surface area contributed by atoms with Crippen LogP contribution in [0.3, 0.4) is 0 Å². The fourth-order valence-electron chi connectivity index (χ4n) is 1.20. The molecule has 0 fully saturated rings. The Labute approximate surface area is 102 Å². The van der Waals surface area contributed by atoms with Crippen molar-refractivity contribution in [3.63, 3.8) is 0 Å². The number of aliphatic hydroxyl groups is 1. The SMILES string of the molecule is Cc1sc(C(CN)OCCCO)cc1Br. The Bertz CT molecular complexity index is 284. The molecule has 1 aromatic heterocycles. The van der Waals surface area contributed by atoms with Gasteiger partial charge in [-0.2, -0.15) is 0 Å². The van der Waals surface area contributed by atoms with E-state index in [0.717, 1.165) is 9.35 Å². The van der Waals surface area contributed by atoms with Crippen LogP contribution in [0, 0.1) is 6.92 Å². The maximum atomic E-state index is 8.65. The number of ether oxygens (including phenoxy) is 1. The average Bonchev–Trinajstić information content (AvgIpc) is 2.54. The second-order valence-electron chi connectivity index (χ2n) is 3.23. The molecule has 3 nitrogen and oxygen atoms in total. The molecule has 86 valence electrons. The summed E-state index contributed by atoms with van der Waals surface area (Å²) >= 11 is 5.16. The summed E-state index contributed by atoms with van der Waals surface area (Å²) in [6, 6.07) is 2.05. The van der Waals surface area contributed by atoms with Crippen molar-refractivity contribution in [2.45, 2.75) is 19.4 Å². The van der Waals surface area contributed by atoms with Crippen LogP contribution in [0.5, 0.6) is 0 Å². The van der Waals surface area contributed by atoms with Crippen molar-refractivity contribution in [1.29, 1.82) is 0 Å². The van der Waals surface area contributed by atoms with Crippen molar-refractivity contribution in [2.75, 3.05) is 19.8 Å². The first-order chi connectivity index (χ1) is 7.19. The zero-order chi connectivity index (χ0) is 11.3. The number of hydrogen-bond donors (Lipinski definition) is 2. The first-order valence-electron chi connectivity index (χ1n) is 4.87. The van der Waals surface area contributed by atoms with Crippen LogP contribution < -0.4 is 5.73 Å². The van der Waals surface area contributed by atoms with Gasteiger partial charge in [-0.25, -0.2) is 0 Å². The van der Waals surface area contributed by atoms with Gasteiger partial charge in [0.25, 0.3) is 0 Å². The lowest BCUT2D eigenvalue weighted by Crippen LogP contribution is -2.15. The van der Waals surface area contributed by atoms with Gasteiger partial charge in [-0.05, 0) is 35.3 Å². The highest BCUT2D eigenvalue weighted by Crippen LogP contribution is 2.31. The molecule has 15 heavy (non-hydrogen) atoms. The van der Waals surface area contributed by atoms with Crippen LogP contribution >= 0.6 is 27.3 Å². The first kappa shape index (κ1) is 13.1. The van der Waals surface area contributed by atoms with Crippen LogP contribution in [-0.4, -0.2) is 24.9 Å². The zero-order valence-corrected chi connectivity index (χ0v) is 11.1. The van der Waals surface area contributed by atoms with Crippen molar-refractivity contribution < 1.29 is 9.84 Å². The Balaban J connectivity index is 2.57. The molecule has 0 saturated heterocycles. The molecule has 0 spiro atoms. The molecule has 1 aromatic rings. The summed E-state index contributed by atoms with van der Waals surface area (Å²) in [4.78, 5) is 2.37. The second-order valence-corrected chi connectivity index (χ2v) is 5.37. The summed E-state index contributed by atoms with van der Waals surface area (Å²) in [5, 5.41) is 8.65. The van der Waals surface area contributed by atoms with E-state index in [2.05, 4.69) is 28.9 Å². The highest BCUT2D eigenvalue weighted by Gasteiger charge is 2.13. The minimum atomic E-state index is -0.0495. The van der Waals surface area contributed by atoms with Gasteiger partial charge in [-0.15, -0.1) is 11.3 Å². The molecule has 0 aromatic carbocycles. The molecule has 0 amide bonds. The first-order valence-corrected chi connectivity index (χ1v) is 6.48. The summed E-state index contributed by atoms with van der Waals surface area (Å²) in [6.45, 7) is 3.23. The smallest absolute Gasteiger partial charge is 0.104 e. The second kappa shape index (κ2) is 6.60. The van der Waals surface area contributed by atoms with E-state index in [9.17, 15) is 0 Å². The lowest BCUT2D eigenvalue weighted by Gasteiger charge is -2.13. The van der Waals surface area contributed by atoms with E-state index >= 15 is 0 Å². The molecule has 0 bridgehead atoms. The van der Waals surface area contributed by atoms with Crippen LogP contribution in [0.2, 0.25) is 0 Å². The molecule has 0 saturated carbocycles. The van der Waals surface area contributed by atoms with E-state index in [0.29, 0.717) is 19.6 Å². The van der Waals surface area contributed by atoms with Crippen molar-refractivity contribution in [2.24, 2.45) is 5.73 Å². The minimum absolute atomic E-state index is 0.0495. The van der Waals surface area contributed by atoms with Gasteiger partial charge in [-0.1, -0.05) is 0 Å². The Morgan fingerprint density at radius 1 is 1.67 bits per heavy atom. The van der Waals surface area contributed by atoms with Gasteiger partial charge in [-0.3, -0.25) is 0 Å². The molecule has 1 heterocycles. The van der Waals surface area contributed by atoms with E-state index in [1.165, 1.54) is 4.88 Å². The highest BCUT2D eigenvalue weighted by molar-refractivity contribution is 9.10. The summed E-state index contributed by atoms with van der Waals surface area (Å²) < 4.78 is 6.69. The number of aryl methyl sites for hydroxylation is 1. The Hall–Kier alpha value is 0.0600. The fraction of sp³-hybridized carbons (Fsp3) is 0.600. The summed E-state index contributed by atoms with van der Waals surface area (Å²) in [5.74, 6) is 0. The maximum absolute atomic E-state index is 8.65. The van der Waals surface area contributed by atoms with Gasteiger partial charge in [0, 0.05) is 34.0 Å². The highest BCUT2D eigenvalue weighted by atomic mass is 79.9. The minimum Gasteiger partial charge on any atom is -0.396 e. The van der Waals surface area contributed by atoms with Crippen molar-refractivity contribution >= 4 is 27.3 Å². The van der Waals surface area contributed by atoms with E-state index in [1.54, 1.807) is 11.3 Å². The standard InChI is InChI=1S/C10H16BrNO2S/c1-7-8(11)5-10(15-7)9(6-12)14-4-2-3-13/h5,9,13H,2-4,6,12H2,1H3. The van der Waals surface area contributed by atoms with Crippen LogP contribution in [0.25, 0.3) is 0 Å². The number of aliphatic hydroxyl groups excluding tert-OH is 1. The number of nitrogens with two attached hydrogens (primary N) is 1. The molecule has 3 N–H and O–H groups in total. The van der Waals surface area contributed by atoms with Gasteiger partial charge < -0.3 is 15.6 Å². The maximum Gasteiger partial charge on any atom is 0.104 e. The van der Waals surface area contributed by atoms with Crippen molar-refractivity contribution in [3.8, 4) is 0 Å². The zero-order valence-electron chi connectivity index (χ0n) is 8.70. The number of halogens is 1. The van der Waals surface area contributed by atoms with Crippen LogP contribution in [-0.2, 0) is 4.74 Å². The Kier molecular flexibility index (Phi) is 5.78. The molecule has 0 aliphatic carbocycles. The summed E-state index contributed by atoms with van der Waals surface area (Å²) in [5.41, 5.74) is 5.65. The van der Waals surface area contributed by atoms with Gasteiger partial charge in [0.05, 0.1) is 0 Å². The third-order valence-electron chi connectivity index (χ3n) is 2.03. The van der Waals surface area contributed by atoms with Crippen LogP contribution in [0.1, 0.15) is 22.3 Å². The predicted molar refractivity (Wildman–Crippen MR) is 66.2 cm³/mol. The molecular weight excluding hydrogens is 278 g/mol. The van der Waals surface area contributed by atoms with E-state index < -0.39 is 0 Å². The Morgan fingerprint density at radius 2 is 2.40 bits per heavy atom. The largest absolute Gasteiger partial charge is 0.396 e. The van der Waals surface area contributed by atoms with Gasteiger partial charge in [0.2, 0.25) is 0 Å². The lowest BCUT2D eigenvalue weighted by atomic mass is 10.3. The monoisotopic (exact) mass is 293 g/mol. The molecule has 0 aliphatic heterocycles. The Morgan fingerprint density at radius 3 is 2.87 bits per heavy atom. The molecule has 1 atom stereocenters. The van der Waals surface area contributed by atoms with Gasteiger partial charge >= 0.3 is 0 Å². The summed E-state index contributed by atoms with van der Waals surface area (Å²) in [6.07, 6.45) is 0.605. The predicted octanol–water partition coefficient (Wildman–Crippen LogP) is 2.22. The third-order valence-corrected chi connectivity index (χ3v) is 4.26. The topological polar surface area (TPSA) is 55.5 Å². The molecular formula is C10H16BrNO2S. The van der Waals surface area contributed by atoms with Gasteiger partial charge in [0.1, 0.15) is 6.10 Å². The molecule has 1 unspecified atom stereocenters. The number of hydrogen-bond acceptors (Lipinski definition) is 4. The molecule has 0 radical (unpaired) electrons. The van der Waals surface area contributed by atoms with Crippen molar-refractivity contribution in [3.05, 3.63) is 20.3 Å². The number of rotatable bonds is 6. The molecule has 0 aliphatic rings. The van der Waals surface area contributed by atoms with Crippen LogP contribution in [0.15, 0.2) is 10.5 Å². The number of thiophene rings is 1. The normalized spacial score (nSPS) is 13.1. The summed E-state index contributed by atoms with van der Waals surface area (Å²) in [7, 11) is 0. The van der Waals surface area contributed by atoms with E-state index in [1.807, 2.05) is 0 Å². The molecule has 1 rings (SSSR count).